The van der Waals surface area contributed by atoms with Crippen LogP contribution in [0, 0.1) is 5.92 Å². The van der Waals surface area contributed by atoms with Gasteiger partial charge in [0.1, 0.15) is 0 Å². The molecule has 5 heteroatoms. The number of carbonyl (C=O) groups excluding carboxylic acids is 1. The molecule has 1 aliphatic carbocycles. The number of amides is 1. The summed E-state index contributed by atoms with van der Waals surface area (Å²) in [6.45, 7) is 0.227. The van der Waals surface area contributed by atoms with Crippen molar-refractivity contribution in [3.8, 4) is 0 Å². The zero-order valence-corrected chi connectivity index (χ0v) is 8.64. The van der Waals surface area contributed by atoms with Gasteiger partial charge < -0.3 is 10.4 Å². The largest absolute Gasteiger partial charge is 0.478 e. The summed E-state index contributed by atoms with van der Waals surface area (Å²) in [4.78, 5) is 26.1. The lowest BCUT2D eigenvalue weighted by molar-refractivity contribution is -0.122. The number of pyridine rings is 1. The number of carboxylic acids is 1. The number of carboxylic acid groups (broad SMARTS) is 1. The smallest absolute Gasteiger partial charge is 0.336 e. The molecule has 1 saturated carbocycles. The molecule has 1 amide bonds. The van der Waals surface area contributed by atoms with Crippen LogP contribution in [0.1, 0.15) is 28.8 Å². The molecule has 1 fully saturated rings. The molecule has 2 rings (SSSR count). The Bertz CT molecular complexity index is 427. The standard InChI is InChI=1S/C11H12N2O3/c14-10(7-1-2-7)13-6-8-5-12-4-3-9(8)11(15)16/h3-5,7H,1-2,6H2,(H,13,14)(H,15,16). The van der Waals surface area contributed by atoms with Gasteiger partial charge in [-0.05, 0) is 18.9 Å². The molecule has 5 nitrogen and oxygen atoms in total. The molecule has 0 atom stereocenters. The normalized spacial score (nSPS) is 14.5. The lowest BCUT2D eigenvalue weighted by atomic mass is 10.1. The van der Waals surface area contributed by atoms with Gasteiger partial charge in [0.25, 0.3) is 0 Å². The summed E-state index contributed by atoms with van der Waals surface area (Å²) in [5.74, 6) is -0.872. The molecule has 16 heavy (non-hydrogen) atoms. The van der Waals surface area contributed by atoms with E-state index < -0.39 is 5.97 Å². The van der Waals surface area contributed by atoms with Crippen LogP contribution >= 0.6 is 0 Å². The number of nitrogens with zero attached hydrogens (tertiary/aromatic N) is 1. The summed E-state index contributed by atoms with van der Waals surface area (Å²) < 4.78 is 0. The van der Waals surface area contributed by atoms with Crippen LogP contribution in [0.2, 0.25) is 0 Å². The number of aromatic carboxylic acids is 1. The zero-order valence-electron chi connectivity index (χ0n) is 8.64. The second-order valence-corrected chi connectivity index (χ2v) is 3.83. The van der Waals surface area contributed by atoms with Crippen molar-refractivity contribution in [1.29, 1.82) is 0 Å². The summed E-state index contributed by atoms with van der Waals surface area (Å²) >= 11 is 0. The van der Waals surface area contributed by atoms with Crippen LogP contribution in [-0.2, 0) is 11.3 Å². The fourth-order valence-electron chi connectivity index (χ4n) is 1.45. The summed E-state index contributed by atoms with van der Waals surface area (Å²) in [5, 5.41) is 11.6. The van der Waals surface area contributed by atoms with Crippen molar-refractivity contribution in [1.82, 2.24) is 10.3 Å². The number of hydrogen-bond acceptors (Lipinski definition) is 3. The number of aromatic nitrogens is 1. The highest BCUT2D eigenvalue weighted by molar-refractivity contribution is 5.89. The van der Waals surface area contributed by atoms with Crippen LogP contribution in [0.3, 0.4) is 0 Å². The Labute approximate surface area is 92.5 Å². The summed E-state index contributed by atoms with van der Waals surface area (Å²) in [5.41, 5.74) is 0.718. The number of carbonyl (C=O) groups is 2. The third-order valence-corrected chi connectivity index (χ3v) is 2.54. The van der Waals surface area contributed by atoms with E-state index in [9.17, 15) is 9.59 Å². The Morgan fingerprint density at radius 3 is 2.88 bits per heavy atom. The molecule has 0 spiro atoms. The van der Waals surface area contributed by atoms with Crippen LogP contribution in [0.15, 0.2) is 18.5 Å². The molecule has 0 unspecified atom stereocenters. The molecule has 0 aromatic carbocycles. The number of nitrogens with one attached hydrogen (secondary N) is 1. The Morgan fingerprint density at radius 1 is 1.50 bits per heavy atom. The van der Waals surface area contributed by atoms with E-state index in [1.165, 1.54) is 18.5 Å². The first-order valence-corrected chi connectivity index (χ1v) is 5.12. The van der Waals surface area contributed by atoms with Crippen molar-refractivity contribution in [3.63, 3.8) is 0 Å². The molecule has 2 N–H and O–H groups in total. The van der Waals surface area contributed by atoms with Gasteiger partial charge >= 0.3 is 5.97 Å². The highest BCUT2D eigenvalue weighted by Gasteiger charge is 2.29. The predicted octanol–water partition coefficient (Wildman–Crippen LogP) is 0.806. The highest BCUT2D eigenvalue weighted by Crippen LogP contribution is 2.28. The van der Waals surface area contributed by atoms with Gasteiger partial charge in [0.15, 0.2) is 0 Å². The maximum absolute atomic E-state index is 11.4. The fourth-order valence-corrected chi connectivity index (χ4v) is 1.45. The average molecular weight is 220 g/mol. The van der Waals surface area contributed by atoms with Gasteiger partial charge in [-0.2, -0.15) is 0 Å². The molecule has 0 saturated heterocycles. The second-order valence-electron chi connectivity index (χ2n) is 3.83. The third kappa shape index (κ3) is 2.36. The monoisotopic (exact) mass is 220 g/mol. The van der Waals surface area contributed by atoms with Gasteiger partial charge in [0.05, 0.1) is 5.56 Å². The molecule has 0 bridgehead atoms. The van der Waals surface area contributed by atoms with Crippen LogP contribution in [0.25, 0.3) is 0 Å². The Morgan fingerprint density at radius 2 is 2.25 bits per heavy atom. The first kappa shape index (κ1) is 10.6. The van der Waals surface area contributed by atoms with Crippen molar-refractivity contribution in [3.05, 3.63) is 29.6 Å². The summed E-state index contributed by atoms with van der Waals surface area (Å²) in [6.07, 6.45) is 4.77. The van der Waals surface area contributed by atoms with Crippen molar-refractivity contribution in [2.75, 3.05) is 0 Å². The summed E-state index contributed by atoms with van der Waals surface area (Å²) in [6, 6.07) is 1.43. The minimum Gasteiger partial charge on any atom is -0.478 e. The predicted molar refractivity (Wildman–Crippen MR) is 55.8 cm³/mol. The van der Waals surface area contributed by atoms with E-state index in [1.807, 2.05) is 0 Å². The minimum atomic E-state index is -1.00. The first-order valence-electron chi connectivity index (χ1n) is 5.12. The van der Waals surface area contributed by atoms with E-state index in [0.29, 0.717) is 5.56 Å². The second kappa shape index (κ2) is 4.30. The molecular formula is C11H12N2O3. The highest BCUT2D eigenvalue weighted by atomic mass is 16.4. The Balaban J connectivity index is 2.02. The van der Waals surface area contributed by atoms with Gasteiger partial charge in [0, 0.05) is 30.4 Å². The molecule has 1 aromatic heterocycles. The quantitative estimate of drug-likeness (QED) is 0.786. The first-order chi connectivity index (χ1) is 7.68. The fraction of sp³-hybridized carbons (Fsp3) is 0.364. The van der Waals surface area contributed by atoms with Crippen LogP contribution in [0.4, 0.5) is 0 Å². The SMILES string of the molecule is O=C(O)c1ccncc1CNC(=O)C1CC1. The van der Waals surface area contributed by atoms with E-state index >= 15 is 0 Å². The van der Waals surface area contributed by atoms with E-state index in [4.69, 9.17) is 5.11 Å². The van der Waals surface area contributed by atoms with Crippen LogP contribution in [-0.4, -0.2) is 22.0 Å². The maximum atomic E-state index is 11.4. The van der Waals surface area contributed by atoms with Crippen LogP contribution < -0.4 is 5.32 Å². The average Bonchev–Trinajstić information content (AvgIpc) is 3.10. The molecule has 1 aromatic rings. The molecule has 1 aliphatic rings. The van der Waals surface area contributed by atoms with Crippen LogP contribution in [0.5, 0.6) is 0 Å². The topological polar surface area (TPSA) is 79.3 Å². The molecule has 0 radical (unpaired) electrons. The van der Waals surface area contributed by atoms with Crippen molar-refractivity contribution >= 4 is 11.9 Å². The molecule has 1 heterocycles. The zero-order chi connectivity index (χ0) is 11.5. The van der Waals surface area contributed by atoms with Gasteiger partial charge in [-0.15, -0.1) is 0 Å². The van der Waals surface area contributed by atoms with Crippen molar-refractivity contribution in [2.45, 2.75) is 19.4 Å². The van der Waals surface area contributed by atoms with E-state index in [-0.39, 0.29) is 23.9 Å². The van der Waals surface area contributed by atoms with Gasteiger partial charge in [-0.3, -0.25) is 9.78 Å². The summed E-state index contributed by atoms with van der Waals surface area (Å²) in [7, 11) is 0. The Hall–Kier alpha value is -1.91. The molecular weight excluding hydrogens is 208 g/mol. The maximum Gasteiger partial charge on any atom is 0.336 e. The molecule has 0 aliphatic heterocycles. The molecule has 84 valence electrons. The van der Waals surface area contributed by atoms with Crippen molar-refractivity contribution in [2.24, 2.45) is 5.92 Å². The lowest BCUT2D eigenvalue weighted by Gasteiger charge is -2.06. The van der Waals surface area contributed by atoms with Crippen molar-refractivity contribution < 1.29 is 14.7 Å². The Kier molecular flexibility index (Phi) is 2.85. The van der Waals surface area contributed by atoms with E-state index in [0.717, 1.165) is 12.8 Å². The number of hydrogen-bond donors (Lipinski definition) is 2. The minimum absolute atomic E-state index is 0.000178. The van der Waals surface area contributed by atoms with Gasteiger partial charge in [-0.1, -0.05) is 0 Å². The van der Waals surface area contributed by atoms with Gasteiger partial charge in [0.2, 0.25) is 5.91 Å². The number of rotatable bonds is 4. The van der Waals surface area contributed by atoms with Gasteiger partial charge in [-0.25, -0.2) is 4.79 Å². The van der Waals surface area contributed by atoms with E-state index in [1.54, 1.807) is 0 Å². The third-order valence-electron chi connectivity index (χ3n) is 2.54. The van der Waals surface area contributed by atoms with E-state index in [2.05, 4.69) is 10.3 Å². The lowest BCUT2D eigenvalue weighted by Crippen LogP contribution is -2.25.